The van der Waals surface area contributed by atoms with E-state index in [2.05, 4.69) is 40.0 Å². The van der Waals surface area contributed by atoms with E-state index in [-0.39, 0.29) is 16.7 Å². The monoisotopic (exact) mass is 186 g/mol. The minimum atomic E-state index is -0.0887. The van der Waals surface area contributed by atoms with E-state index in [1.807, 2.05) is 0 Å². The standard InChI is InChI=1S/C10H22N2O/c1-9(2,3)7-10(4,5)6-8(13)12-11/h6-7,11H2,1-5H3,(H,12,13). The van der Waals surface area contributed by atoms with Gasteiger partial charge in [0.15, 0.2) is 0 Å². The van der Waals surface area contributed by atoms with Gasteiger partial charge in [-0.2, -0.15) is 0 Å². The number of amides is 1. The maximum absolute atomic E-state index is 11.1. The Morgan fingerprint density at radius 1 is 1.23 bits per heavy atom. The Bertz CT molecular complexity index is 180. The molecule has 3 nitrogen and oxygen atoms in total. The molecule has 0 aliphatic carbocycles. The van der Waals surface area contributed by atoms with Gasteiger partial charge >= 0.3 is 0 Å². The summed E-state index contributed by atoms with van der Waals surface area (Å²) in [4.78, 5) is 11.1. The first-order valence-electron chi connectivity index (χ1n) is 4.66. The molecule has 0 unspecified atom stereocenters. The molecule has 0 bridgehead atoms. The lowest BCUT2D eigenvalue weighted by Gasteiger charge is -2.31. The van der Waals surface area contributed by atoms with Gasteiger partial charge in [0.25, 0.3) is 0 Å². The average molecular weight is 186 g/mol. The van der Waals surface area contributed by atoms with Gasteiger partial charge in [-0.3, -0.25) is 10.2 Å². The fourth-order valence-corrected chi connectivity index (χ4v) is 1.98. The van der Waals surface area contributed by atoms with Crippen LogP contribution in [0.1, 0.15) is 47.5 Å². The van der Waals surface area contributed by atoms with Crippen molar-refractivity contribution in [1.29, 1.82) is 0 Å². The Kier molecular flexibility index (Phi) is 3.91. The van der Waals surface area contributed by atoms with Crippen molar-refractivity contribution in [3.63, 3.8) is 0 Å². The molecule has 0 aromatic heterocycles. The normalized spacial score (nSPS) is 12.8. The molecule has 0 spiro atoms. The van der Waals surface area contributed by atoms with Crippen LogP contribution in [0, 0.1) is 10.8 Å². The highest BCUT2D eigenvalue weighted by molar-refractivity contribution is 5.75. The van der Waals surface area contributed by atoms with E-state index in [0.29, 0.717) is 6.42 Å². The highest BCUT2D eigenvalue weighted by Crippen LogP contribution is 2.35. The molecule has 3 heteroatoms. The van der Waals surface area contributed by atoms with Crippen molar-refractivity contribution in [2.45, 2.75) is 47.5 Å². The number of hydrogen-bond donors (Lipinski definition) is 2. The van der Waals surface area contributed by atoms with Gasteiger partial charge in [-0.05, 0) is 17.3 Å². The van der Waals surface area contributed by atoms with Crippen LogP contribution in [0.4, 0.5) is 0 Å². The van der Waals surface area contributed by atoms with Crippen LogP contribution in [-0.4, -0.2) is 5.91 Å². The van der Waals surface area contributed by atoms with Gasteiger partial charge in [-0.1, -0.05) is 34.6 Å². The largest absolute Gasteiger partial charge is 0.294 e. The predicted octanol–water partition coefficient (Wildman–Crippen LogP) is 1.83. The van der Waals surface area contributed by atoms with Crippen molar-refractivity contribution in [2.24, 2.45) is 16.7 Å². The van der Waals surface area contributed by atoms with Crippen molar-refractivity contribution in [2.75, 3.05) is 0 Å². The van der Waals surface area contributed by atoms with Gasteiger partial charge in [0, 0.05) is 6.42 Å². The Morgan fingerprint density at radius 2 is 1.69 bits per heavy atom. The lowest BCUT2D eigenvalue weighted by molar-refractivity contribution is -0.123. The molecule has 0 atom stereocenters. The molecule has 0 radical (unpaired) electrons. The Labute approximate surface area is 81.0 Å². The maximum atomic E-state index is 11.1. The maximum Gasteiger partial charge on any atom is 0.234 e. The fourth-order valence-electron chi connectivity index (χ4n) is 1.98. The van der Waals surface area contributed by atoms with Gasteiger partial charge in [-0.25, -0.2) is 5.84 Å². The molecule has 3 N–H and O–H groups in total. The lowest BCUT2D eigenvalue weighted by atomic mass is 9.74. The number of hydrazine groups is 1. The predicted molar refractivity (Wildman–Crippen MR) is 54.8 cm³/mol. The molecular formula is C10H22N2O. The first-order chi connectivity index (χ1) is 5.66. The lowest BCUT2D eigenvalue weighted by Crippen LogP contribution is -2.35. The molecule has 0 aromatic carbocycles. The summed E-state index contributed by atoms with van der Waals surface area (Å²) in [6.45, 7) is 10.7. The number of carbonyl (C=O) groups is 1. The smallest absolute Gasteiger partial charge is 0.234 e. The van der Waals surface area contributed by atoms with E-state index >= 15 is 0 Å². The van der Waals surface area contributed by atoms with Gasteiger partial charge < -0.3 is 0 Å². The van der Waals surface area contributed by atoms with Crippen molar-refractivity contribution < 1.29 is 4.79 Å². The average Bonchev–Trinajstić information content (AvgIpc) is 1.80. The second-order valence-corrected chi connectivity index (χ2v) is 5.65. The highest BCUT2D eigenvalue weighted by Gasteiger charge is 2.27. The molecule has 78 valence electrons. The number of nitrogens with two attached hydrogens (primary N) is 1. The summed E-state index contributed by atoms with van der Waals surface area (Å²) in [5, 5.41) is 0. The quantitative estimate of drug-likeness (QED) is 0.401. The van der Waals surface area contributed by atoms with E-state index in [4.69, 9.17) is 5.84 Å². The number of nitrogens with one attached hydrogen (secondary N) is 1. The summed E-state index contributed by atoms with van der Waals surface area (Å²) in [7, 11) is 0. The Balaban J connectivity index is 4.16. The molecular weight excluding hydrogens is 164 g/mol. The second kappa shape index (κ2) is 4.09. The van der Waals surface area contributed by atoms with Crippen LogP contribution in [0.15, 0.2) is 0 Å². The van der Waals surface area contributed by atoms with Gasteiger partial charge in [0.05, 0.1) is 0 Å². The van der Waals surface area contributed by atoms with Crippen molar-refractivity contribution in [1.82, 2.24) is 5.43 Å². The number of hydrogen-bond acceptors (Lipinski definition) is 2. The zero-order valence-electron chi connectivity index (χ0n) is 9.40. The molecule has 0 saturated heterocycles. The summed E-state index contributed by atoms with van der Waals surface area (Å²) in [6, 6.07) is 0. The summed E-state index contributed by atoms with van der Waals surface area (Å²) in [5.74, 6) is 4.95. The molecule has 0 aliphatic rings. The summed E-state index contributed by atoms with van der Waals surface area (Å²) in [6.07, 6.45) is 1.49. The van der Waals surface area contributed by atoms with E-state index in [9.17, 15) is 4.79 Å². The van der Waals surface area contributed by atoms with Gasteiger partial charge in [0.2, 0.25) is 5.91 Å². The molecule has 0 rings (SSSR count). The first-order valence-corrected chi connectivity index (χ1v) is 4.66. The molecule has 0 aliphatic heterocycles. The third kappa shape index (κ3) is 6.58. The van der Waals surface area contributed by atoms with Crippen LogP contribution in [-0.2, 0) is 4.79 Å². The molecule has 1 amide bonds. The van der Waals surface area contributed by atoms with Gasteiger partial charge in [0.1, 0.15) is 0 Å². The van der Waals surface area contributed by atoms with E-state index in [0.717, 1.165) is 6.42 Å². The van der Waals surface area contributed by atoms with E-state index in [1.165, 1.54) is 0 Å². The zero-order valence-corrected chi connectivity index (χ0v) is 9.40. The van der Waals surface area contributed by atoms with Crippen LogP contribution >= 0.6 is 0 Å². The Morgan fingerprint density at radius 3 is 2.00 bits per heavy atom. The second-order valence-electron chi connectivity index (χ2n) is 5.65. The minimum Gasteiger partial charge on any atom is -0.294 e. The minimum absolute atomic E-state index is 0.0156. The van der Waals surface area contributed by atoms with Crippen molar-refractivity contribution in [3.05, 3.63) is 0 Å². The summed E-state index contributed by atoms with van der Waals surface area (Å²) < 4.78 is 0. The first kappa shape index (κ1) is 12.4. The zero-order chi connectivity index (χ0) is 10.7. The topological polar surface area (TPSA) is 55.1 Å². The van der Waals surface area contributed by atoms with Crippen LogP contribution < -0.4 is 11.3 Å². The highest BCUT2D eigenvalue weighted by atomic mass is 16.2. The van der Waals surface area contributed by atoms with Crippen molar-refractivity contribution >= 4 is 5.91 Å². The third-order valence-corrected chi connectivity index (χ3v) is 1.81. The fraction of sp³-hybridized carbons (Fsp3) is 0.900. The van der Waals surface area contributed by atoms with Crippen LogP contribution in [0.3, 0.4) is 0 Å². The van der Waals surface area contributed by atoms with Crippen LogP contribution in [0.25, 0.3) is 0 Å². The molecule has 0 saturated carbocycles. The SMILES string of the molecule is CC(C)(C)CC(C)(C)CC(=O)NN. The van der Waals surface area contributed by atoms with Crippen molar-refractivity contribution in [3.8, 4) is 0 Å². The van der Waals surface area contributed by atoms with Crippen LogP contribution in [0.5, 0.6) is 0 Å². The molecule has 13 heavy (non-hydrogen) atoms. The molecule has 0 aromatic rings. The summed E-state index contributed by atoms with van der Waals surface area (Å²) in [5.41, 5.74) is 2.43. The van der Waals surface area contributed by atoms with Gasteiger partial charge in [-0.15, -0.1) is 0 Å². The Hall–Kier alpha value is -0.570. The van der Waals surface area contributed by atoms with E-state index < -0.39 is 0 Å². The van der Waals surface area contributed by atoms with E-state index in [1.54, 1.807) is 0 Å². The molecule has 0 fully saturated rings. The third-order valence-electron chi connectivity index (χ3n) is 1.81. The molecule has 0 heterocycles. The number of rotatable bonds is 3. The summed E-state index contributed by atoms with van der Waals surface area (Å²) >= 11 is 0. The number of carbonyl (C=O) groups excluding carboxylic acids is 1. The van der Waals surface area contributed by atoms with Crippen LogP contribution in [0.2, 0.25) is 0 Å².